The van der Waals surface area contributed by atoms with E-state index in [0.29, 0.717) is 6.61 Å². The summed E-state index contributed by atoms with van der Waals surface area (Å²) in [5.41, 5.74) is 0.845. The van der Waals surface area contributed by atoms with Crippen LogP contribution in [-0.2, 0) is 20.8 Å². The molecule has 1 aromatic heterocycles. The predicted octanol–water partition coefficient (Wildman–Crippen LogP) is 0.494. The summed E-state index contributed by atoms with van der Waals surface area (Å²) in [6.07, 6.45) is 1.72. The van der Waals surface area contributed by atoms with E-state index in [0.717, 1.165) is 25.3 Å². The fraction of sp³-hybridized carbons (Fsp3) is 0.733. The predicted molar refractivity (Wildman–Crippen MR) is 82.3 cm³/mol. The molecule has 22 heavy (non-hydrogen) atoms. The molecular formula is C15H26N4O3. The molecule has 0 aliphatic carbocycles. The molecule has 1 aliphatic heterocycles. The van der Waals surface area contributed by atoms with E-state index in [1.165, 1.54) is 4.90 Å². The first kappa shape index (κ1) is 16.9. The van der Waals surface area contributed by atoms with Gasteiger partial charge in [0.1, 0.15) is 6.61 Å². The zero-order valence-corrected chi connectivity index (χ0v) is 13.8. The van der Waals surface area contributed by atoms with E-state index in [-0.39, 0.29) is 24.2 Å². The Morgan fingerprint density at radius 3 is 3.00 bits per heavy atom. The summed E-state index contributed by atoms with van der Waals surface area (Å²) in [5.74, 6) is -0.0376. The Hall–Kier alpha value is -1.44. The molecule has 1 amide bonds. The van der Waals surface area contributed by atoms with Crippen molar-refractivity contribution < 1.29 is 14.3 Å². The van der Waals surface area contributed by atoms with Crippen LogP contribution in [0.15, 0.2) is 12.3 Å². The number of nitrogens with zero attached hydrogens (tertiary/aromatic N) is 3. The maximum atomic E-state index is 11.5. The summed E-state index contributed by atoms with van der Waals surface area (Å²) in [4.78, 5) is 15.4. The van der Waals surface area contributed by atoms with Crippen LogP contribution in [-0.4, -0.2) is 78.0 Å². The smallest absolute Gasteiger partial charge is 0.248 e. The van der Waals surface area contributed by atoms with Crippen molar-refractivity contribution in [3.8, 4) is 0 Å². The minimum Gasteiger partial charge on any atom is -0.369 e. The van der Waals surface area contributed by atoms with Crippen molar-refractivity contribution in [3.63, 3.8) is 0 Å². The zero-order valence-electron chi connectivity index (χ0n) is 13.8. The molecule has 0 bridgehead atoms. The topological polar surface area (TPSA) is 70.7 Å². The summed E-state index contributed by atoms with van der Waals surface area (Å²) in [5, 5.41) is 6.96. The van der Waals surface area contributed by atoms with Crippen molar-refractivity contribution in [1.82, 2.24) is 20.0 Å². The van der Waals surface area contributed by atoms with Gasteiger partial charge < -0.3 is 14.4 Å². The number of aromatic nitrogens is 2. The molecule has 124 valence electrons. The molecule has 0 aromatic carbocycles. The molecule has 2 heterocycles. The van der Waals surface area contributed by atoms with Crippen molar-refractivity contribution >= 4 is 5.91 Å². The third-order valence-electron chi connectivity index (χ3n) is 3.53. The van der Waals surface area contributed by atoms with Gasteiger partial charge in [-0.2, -0.15) is 5.10 Å². The van der Waals surface area contributed by atoms with Crippen LogP contribution in [0.4, 0.5) is 0 Å². The van der Waals surface area contributed by atoms with Crippen LogP contribution in [0.3, 0.4) is 0 Å². The number of rotatable bonds is 6. The van der Waals surface area contributed by atoms with Gasteiger partial charge in [-0.1, -0.05) is 0 Å². The first-order chi connectivity index (χ1) is 10.4. The highest BCUT2D eigenvalue weighted by Gasteiger charge is 2.33. The van der Waals surface area contributed by atoms with Gasteiger partial charge in [-0.3, -0.25) is 14.8 Å². The molecule has 1 saturated heterocycles. The monoisotopic (exact) mass is 310 g/mol. The lowest BCUT2D eigenvalue weighted by Gasteiger charge is -2.42. The minimum absolute atomic E-state index is 0.0376. The van der Waals surface area contributed by atoms with Gasteiger partial charge in [0.2, 0.25) is 5.91 Å². The largest absolute Gasteiger partial charge is 0.369 e. The fourth-order valence-electron chi connectivity index (χ4n) is 2.64. The first-order valence-electron chi connectivity index (χ1n) is 7.52. The number of hydrogen-bond donors (Lipinski definition) is 1. The van der Waals surface area contributed by atoms with E-state index in [1.54, 1.807) is 20.3 Å². The molecule has 1 N–H and O–H groups in total. The number of likely N-dealkylation sites (N-methyl/N-ethyl adjacent to an activating group) is 1. The van der Waals surface area contributed by atoms with Crippen molar-refractivity contribution in [1.29, 1.82) is 0 Å². The number of carbonyl (C=O) groups excluding carboxylic acids is 1. The quantitative estimate of drug-likeness (QED) is 0.828. The van der Waals surface area contributed by atoms with Crippen LogP contribution in [0.2, 0.25) is 0 Å². The summed E-state index contributed by atoms with van der Waals surface area (Å²) in [6.45, 7) is 7.09. The third kappa shape index (κ3) is 5.08. The Bertz CT molecular complexity index is 473. The van der Waals surface area contributed by atoms with Crippen LogP contribution in [0.25, 0.3) is 0 Å². The molecule has 1 aliphatic rings. The lowest BCUT2D eigenvalue weighted by Crippen LogP contribution is -2.53. The Balaban J connectivity index is 1.84. The van der Waals surface area contributed by atoms with E-state index in [1.807, 2.05) is 6.07 Å². The number of aromatic amines is 1. The number of ether oxygens (including phenoxy) is 2. The van der Waals surface area contributed by atoms with Gasteiger partial charge in [0.15, 0.2) is 0 Å². The highest BCUT2D eigenvalue weighted by molar-refractivity contribution is 5.76. The molecule has 0 radical (unpaired) electrons. The van der Waals surface area contributed by atoms with Crippen LogP contribution in [0, 0.1) is 0 Å². The average molecular weight is 310 g/mol. The highest BCUT2D eigenvalue weighted by Crippen LogP contribution is 2.22. The molecule has 0 unspecified atom stereocenters. The standard InChI is InChI=1S/C15H26N4O3/c1-15(2)11-19(7-12-5-6-16-17-12)8-13(22-15)9-21-10-14(20)18(3)4/h5-6,13H,7-11H2,1-4H3,(H,16,17)/t13-/m0/s1. The number of carbonyl (C=O) groups is 1. The summed E-state index contributed by atoms with van der Waals surface area (Å²) in [6, 6.07) is 1.98. The lowest BCUT2D eigenvalue weighted by atomic mass is 10.1. The Labute approximate surface area is 131 Å². The second kappa shape index (κ2) is 7.21. The molecule has 1 fully saturated rings. The van der Waals surface area contributed by atoms with E-state index in [4.69, 9.17) is 9.47 Å². The molecule has 7 heteroatoms. The summed E-state index contributed by atoms with van der Waals surface area (Å²) in [7, 11) is 3.44. The molecule has 0 spiro atoms. The SMILES string of the molecule is CN(C)C(=O)COC[C@@H]1CN(Cc2ccn[nH]2)CC(C)(C)O1. The maximum absolute atomic E-state index is 11.5. The number of nitrogens with one attached hydrogen (secondary N) is 1. The number of amides is 1. The lowest BCUT2D eigenvalue weighted by molar-refractivity contribution is -0.161. The fourth-order valence-corrected chi connectivity index (χ4v) is 2.64. The number of morpholine rings is 1. The van der Waals surface area contributed by atoms with Crippen molar-refractivity contribution in [2.75, 3.05) is 40.4 Å². The van der Waals surface area contributed by atoms with Gasteiger partial charge in [-0.15, -0.1) is 0 Å². The van der Waals surface area contributed by atoms with E-state index in [9.17, 15) is 4.79 Å². The zero-order chi connectivity index (χ0) is 16.2. The van der Waals surface area contributed by atoms with Crippen LogP contribution in [0.5, 0.6) is 0 Å². The number of H-pyrrole nitrogens is 1. The Morgan fingerprint density at radius 1 is 1.59 bits per heavy atom. The molecule has 1 aromatic rings. The van der Waals surface area contributed by atoms with Gasteiger partial charge in [-0.25, -0.2) is 0 Å². The second-order valence-electron chi connectivity index (χ2n) is 6.55. The highest BCUT2D eigenvalue weighted by atomic mass is 16.5. The van der Waals surface area contributed by atoms with Crippen molar-refractivity contribution in [2.45, 2.75) is 32.1 Å². The molecular weight excluding hydrogens is 284 g/mol. The molecule has 1 atom stereocenters. The van der Waals surface area contributed by atoms with Gasteiger partial charge in [0.25, 0.3) is 0 Å². The summed E-state index contributed by atoms with van der Waals surface area (Å²) >= 11 is 0. The van der Waals surface area contributed by atoms with Crippen molar-refractivity contribution in [3.05, 3.63) is 18.0 Å². The van der Waals surface area contributed by atoms with Gasteiger partial charge in [-0.05, 0) is 19.9 Å². The van der Waals surface area contributed by atoms with Crippen LogP contribution >= 0.6 is 0 Å². The second-order valence-corrected chi connectivity index (χ2v) is 6.55. The van der Waals surface area contributed by atoms with Gasteiger partial charge >= 0.3 is 0 Å². The van der Waals surface area contributed by atoms with Gasteiger partial charge in [0, 0.05) is 45.6 Å². The van der Waals surface area contributed by atoms with Crippen LogP contribution < -0.4 is 0 Å². The molecule has 0 saturated carbocycles. The normalized spacial score (nSPS) is 21.7. The van der Waals surface area contributed by atoms with E-state index in [2.05, 4.69) is 28.9 Å². The van der Waals surface area contributed by atoms with E-state index < -0.39 is 0 Å². The molecule has 7 nitrogen and oxygen atoms in total. The van der Waals surface area contributed by atoms with E-state index >= 15 is 0 Å². The van der Waals surface area contributed by atoms with Gasteiger partial charge in [0.05, 0.1) is 18.3 Å². The molecule has 2 rings (SSSR count). The number of hydrogen-bond acceptors (Lipinski definition) is 5. The Morgan fingerprint density at radius 2 is 2.36 bits per heavy atom. The average Bonchev–Trinajstić information content (AvgIpc) is 2.89. The van der Waals surface area contributed by atoms with Crippen LogP contribution in [0.1, 0.15) is 19.5 Å². The first-order valence-corrected chi connectivity index (χ1v) is 7.52. The Kier molecular flexibility index (Phi) is 5.55. The third-order valence-corrected chi connectivity index (χ3v) is 3.53. The summed E-state index contributed by atoms with van der Waals surface area (Å²) < 4.78 is 11.6. The van der Waals surface area contributed by atoms with Crippen molar-refractivity contribution in [2.24, 2.45) is 0 Å². The minimum atomic E-state index is -0.238. The maximum Gasteiger partial charge on any atom is 0.248 e.